The van der Waals surface area contributed by atoms with Crippen LogP contribution in [0.2, 0.25) is 0 Å². The van der Waals surface area contributed by atoms with Crippen molar-refractivity contribution in [2.24, 2.45) is 0 Å². The molecule has 1 aromatic rings. The number of nitriles is 1. The number of nitrogens with zero attached hydrogens (tertiary/aromatic N) is 1. The topological polar surface area (TPSA) is 82.0 Å². The van der Waals surface area contributed by atoms with Crippen LogP contribution >= 0.6 is 0 Å². The molecule has 0 spiro atoms. The molecule has 0 aliphatic heterocycles. The third-order valence-electron chi connectivity index (χ3n) is 2.64. The molecule has 0 aliphatic carbocycles. The van der Waals surface area contributed by atoms with Crippen LogP contribution in [0.5, 0.6) is 0 Å². The molecule has 0 radical (unpaired) electrons. The van der Waals surface area contributed by atoms with Gasteiger partial charge in [-0.3, -0.25) is 0 Å². The minimum absolute atomic E-state index is 0.0605. The molecule has 122 valence electrons. The Bertz CT molecular complexity index is 691. The van der Waals surface area contributed by atoms with Gasteiger partial charge in [0.2, 0.25) is 10.0 Å². The highest BCUT2D eigenvalue weighted by Crippen LogP contribution is 2.35. The smallest absolute Gasteiger partial charge is 0.383 e. The molecule has 0 saturated carbocycles. The van der Waals surface area contributed by atoms with Crippen molar-refractivity contribution in [3.8, 4) is 6.07 Å². The number of rotatable bonds is 5. The molecule has 0 aliphatic rings. The molecular formula is C13H16F3N3O2S. The van der Waals surface area contributed by atoms with Gasteiger partial charge >= 0.3 is 6.18 Å². The van der Waals surface area contributed by atoms with Gasteiger partial charge in [0.15, 0.2) is 0 Å². The predicted octanol–water partition coefficient (Wildman–Crippen LogP) is 2.32. The van der Waals surface area contributed by atoms with Crippen molar-refractivity contribution in [3.63, 3.8) is 0 Å². The summed E-state index contributed by atoms with van der Waals surface area (Å²) in [6, 6.07) is 4.81. The fourth-order valence-corrected chi connectivity index (χ4v) is 2.93. The van der Waals surface area contributed by atoms with Crippen LogP contribution in [-0.2, 0) is 16.2 Å². The summed E-state index contributed by atoms with van der Waals surface area (Å²) in [5.74, 6) is 0. The van der Waals surface area contributed by atoms with Crippen LogP contribution in [-0.4, -0.2) is 26.8 Å². The van der Waals surface area contributed by atoms with Gasteiger partial charge in [-0.25, -0.2) is 13.1 Å². The van der Waals surface area contributed by atoms with Crippen LogP contribution in [0, 0.1) is 11.3 Å². The lowest BCUT2D eigenvalue weighted by molar-refractivity contribution is -0.137. The van der Waals surface area contributed by atoms with E-state index in [1.165, 1.54) is 19.9 Å². The van der Waals surface area contributed by atoms with Crippen LogP contribution in [0.25, 0.3) is 0 Å². The van der Waals surface area contributed by atoms with E-state index in [0.717, 1.165) is 18.4 Å². The molecule has 0 amide bonds. The quantitative estimate of drug-likeness (QED) is 0.865. The summed E-state index contributed by atoms with van der Waals surface area (Å²) in [7, 11) is -3.49. The van der Waals surface area contributed by atoms with Crippen molar-refractivity contribution in [3.05, 3.63) is 29.3 Å². The van der Waals surface area contributed by atoms with E-state index in [-0.39, 0.29) is 17.8 Å². The largest absolute Gasteiger partial charge is 0.418 e. The number of benzene rings is 1. The second kappa shape index (κ2) is 6.14. The highest BCUT2D eigenvalue weighted by Gasteiger charge is 2.34. The summed E-state index contributed by atoms with van der Waals surface area (Å²) < 4.78 is 63.7. The summed E-state index contributed by atoms with van der Waals surface area (Å²) in [5.41, 5.74) is -2.27. The van der Waals surface area contributed by atoms with Gasteiger partial charge in [-0.15, -0.1) is 0 Å². The molecule has 5 nitrogen and oxygen atoms in total. The number of hydrogen-bond donors (Lipinski definition) is 2. The first-order chi connectivity index (χ1) is 9.84. The molecular weight excluding hydrogens is 319 g/mol. The predicted molar refractivity (Wildman–Crippen MR) is 76.7 cm³/mol. The summed E-state index contributed by atoms with van der Waals surface area (Å²) in [5, 5.41) is 11.3. The van der Waals surface area contributed by atoms with Gasteiger partial charge in [-0.2, -0.15) is 18.4 Å². The molecule has 0 atom stereocenters. The SMILES string of the molecule is CC(C)(CNc1ccc(C#N)cc1C(F)(F)F)NS(C)(=O)=O. The molecule has 2 N–H and O–H groups in total. The molecule has 0 aromatic heterocycles. The molecule has 0 fully saturated rings. The van der Waals surface area contributed by atoms with Crippen LogP contribution in [0.3, 0.4) is 0 Å². The number of sulfonamides is 1. The van der Waals surface area contributed by atoms with E-state index in [1.54, 1.807) is 6.07 Å². The Morgan fingerprint density at radius 3 is 2.32 bits per heavy atom. The van der Waals surface area contributed by atoms with E-state index in [4.69, 9.17) is 5.26 Å². The normalized spacial score (nSPS) is 12.8. The maximum atomic E-state index is 13.0. The Kier molecular flexibility index (Phi) is 5.10. The average molecular weight is 335 g/mol. The zero-order valence-electron chi connectivity index (χ0n) is 12.2. The van der Waals surface area contributed by atoms with Crippen molar-refractivity contribution in [1.29, 1.82) is 5.26 Å². The molecule has 0 heterocycles. The van der Waals surface area contributed by atoms with Gasteiger partial charge in [-0.05, 0) is 32.0 Å². The van der Waals surface area contributed by atoms with E-state index >= 15 is 0 Å². The molecule has 1 rings (SSSR count). The van der Waals surface area contributed by atoms with E-state index < -0.39 is 27.3 Å². The van der Waals surface area contributed by atoms with Gasteiger partial charge in [0, 0.05) is 17.8 Å². The Hall–Kier alpha value is -1.79. The molecule has 0 bridgehead atoms. The summed E-state index contributed by atoms with van der Waals surface area (Å²) >= 11 is 0. The van der Waals surface area contributed by atoms with Crippen molar-refractivity contribution < 1.29 is 21.6 Å². The van der Waals surface area contributed by atoms with E-state index in [1.807, 2.05) is 0 Å². The van der Waals surface area contributed by atoms with Gasteiger partial charge in [0.05, 0.1) is 23.5 Å². The molecule has 22 heavy (non-hydrogen) atoms. The fourth-order valence-electron chi connectivity index (χ4n) is 1.86. The lowest BCUT2D eigenvalue weighted by atomic mass is 10.1. The van der Waals surface area contributed by atoms with Crippen molar-refractivity contribution >= 4 is 15.7 Å². The van der Waals surface area contributed by atoms with Crippen molar-refractivity contribution in [2.75, 3.05) is 18.1 Å². The fraction of sp³-hybridized carbons (Fsp3) is 0.462. The van der Waals surface area contributed by atoms with Crippen molar-refractivity contribution in [1.82, 2.24) is 4.72 Å². The minimum Gasteiger partial charge on any atom is -0.383 e. The molecule has 9 heteroatoms. The highest BCUT2D eigenvalue weighted by atomic mass is 32.2. The third kappa shape index (κ3) is 5.54. The first-order valence-corrected chi connectivity index (χ1v) is 8.07. The maximum Gasteiger partial charge on any atom is 0.418 e. The van der Waals surface area contributed by atoms with E-state index in [0.29, 0.717) is 0 Å². The molecule has 0 unspecified atom stereocenters. The third-order valence-corrected chi connectivity index (χ3v) is 3.56. The number of alkyl halides is 3. The van der Waals surface area contributed by atoms with Gasteiger partial charge in [0.1, 0.15) is 0 Å². The van der Waals surface area contributed by atoms with Crippen LogP contribution in [0.15, 0.2) is 18.2 Å². The summed E-state index contributed by atoms with van der Waals surface area (Å²) in [4.78, 5) is 0. The zero-order chi connectivity index (χ0) is 17.2. The number of nitrogens with one attached hydrogen (secondary N) is 2. The van der Waals surface area contributed by atoms with Gasteiger partial charge < -0.3 is 5.32 Å². The minimum atomic E-state index is -4.62. The second-order valence-electron chi connectivity index (χ2n) is 5.48. The van der Waals surface area contributed by atoms with Crippen molar-refractivity contribution in [2.45, 2.75) is 25.6 Å². The molecule has 1 aromatic carbocycles. The van der Waals surface area contributed by atoms with Gasteiger partial charge in [-0.1, -0.05) is 0 Å². The second-order valence-corrected chi connectivity index (χ2v) is 7.23. The Morgan fingerprint density at radius 2 is 1.86 bits per heavy atom. The summed E-state index contributed by atoms with van der Waals surface area (Å²) in [6.45, 7) is 3.02. The Labute approximate surface area is 127 Å². The van der Waals surface area contributed by atoms with E-state index in [2.05, 4.69) is 10.0 Å². The van der Waals surface area contributed by atoms with Crippen LogP contribution < -0.4 is 10.0 Å². The highest BCUT2D eigenvalue weighted by molar-refractivity contribution is 7.88. The monoisotopic (exact) mass is 335 g/mol. The number of halogens is 3. The van der Waals surface area contributed by atoms with Gasteiger partial charge in [0.25, 0.3) is 0 Å². The van der Waals surface area contributed by atoms with Crippen LogP contribution in [0.1, 0.15) is 25.0 Å². The van der Waals surface area contributed by atoms with Crippen LogP contribution in [0.4, 0.5) is 18.9 Å². The lowest BCUT2D eigenvalue weighted by Gasteiger charge is -2.26. The van der Waals surface area contributed by atoms with E-state index in [9.17, 15) is 21.6 Å². The lowest BCUT2D eigenvalue weighted by Crippen LogP contribution is -2.47. The first kappa shape index (κ1) is 18.3. The maximum absolute atomic E-state index is 13.0. The molecule has 0 saturated heterocycles. The zero-order valence-corrected chi connectivity index (χ0v) is 13.1. The first-order valence-electron chi connectivity index (χ1n) is 6.18. The summed E-state index contributed by atoms with van der Waals surface area (Å²) in [6.07, 6.45) is -3.65. The average Bonchev–Trinajstić information content (AvgIpc) is 2.32. The number of hydrogen-bond acceptors (Lipinski definition) is 4. The Morgan fingerprint density at radius 1 is 1.27 bits per heavy atom. The standard InChI is InChI=1S/C13H16F3N3O2S/c1-12(2,19-22(3,20)21)8-18-11-5-4-9(7-17)6-10(11)13(14,15)16/h4-6,18-19H,8H2,1-3H3. The number of anilines is 1. The Balaban J connectivity index is 3.02.